The van der Waals surface area contributed by atoms with Crippen molar-refractivity contribution in [1.29, 1.82) is 0 Å². The molecule has 1 aliphatic rings. The first-order valence-corrected chi connectivity index (χ1v) is 8.11. The smallest absolute Gasteiger partial charge is 0.358 e. The van der Waals surface area contributed by atoms with E-state index < -0.39 is 5.56 Å². The lowest BCUT2D eigenvalue weighted by atomic mass is 9.71. The van der Waals surface area contributed by atoms with Crippen molar-refractivity contribution >= 4 is 18.9 Å². The molecular formula is C18H20BN4O. The summed E-state index contributed by atoms with van der Waals surface area (Å²) in [6.45, 7) is 4.84. The molecule has 0 spiro atoms. The van der Waals surface area contributed by atoms with Gasteiger partial charge in [-0.05, 0) is 30.2 Å². The van der Waals surface area contributed by atoms with Crippen LogP contribution in [0.4, 0.5) is 11.4 Å². The van der Waals surface area contributed by atoms with Crippen LogP contribution in [0.3, 0.4) is 0 Å². The summed E-state index contributed by atoms with van der Waals surface area (Å²) in [4.78, 5) is 0. The summed E-state index contributed by atoms with van der Waals surface area (Å²) < 4.78 is 5.58. The molecule has 0 aromatic heterocycles. The van der Waals surface area contributed by atoms with Crippen molar-refractivity contribution in [1.82, 2.24) is 0 Å². The fourth-order valence-electron chi connectivity index (χ4n) is 2.65. The average molecular weight is 319 g/mol. The first-order valence-electron chi connectivity index (χ1n) is 8.11. The maximum Gasteiger partial charge on any atom is 0.358 e. The Labute approximate surface area is 143 Å². The molecule has 1 radical (unpaired) electrons. The molecular weight excluding hydrogens is 299 g/mol. The zero-order valence-electron chi connectivity index (χ0n) is 13.9. The minimum atomic E-state index is -0.889. The normalized spacial score (nSPS) is 24.0. The van der Waals surface area contributed by atoms with Crippen LogP contribution < -0.4 is 0 Å². The summed E-state index contributed by atoms with van der Waals surface area (Å²) >= 11 is 0. The molecule has 5 nitrogen and oxygen atoms in total. The van der Waals surface area contributed by atoms with Crippen molar-refractivity contribution in [2.24, 2.45) is 32.3 Å². The third-order valence-corrected chi connectivity index (χ3v) is 4.05. The molecule has 1 fully saturated rings. The Kier molecular flexibility index (Phi) is 5.16. The minimum Gasteiger partial charge on any atom is -0.435 e. The number of rotatable bonds is 5. The molecule has 1 atom stereocenters. The van der Waals surface area contributed by atoms with E-state index in [0.717, 1.165) is 11.4 Å². The summed E-state index contributed by atoms with van der Waals surface area (Å²) in [7, 11) is 1.66. The van der Waals surface area contributed by atoms with E-state index >= 15 is 0 Å². The van der Waals surface area contributed by atoms with Gasteiger partial charge in [0.25, 0.3) is 0 Å². The van der Waals surface area contributed by atoms with Crippen molar-refractivity contribution in [2.45, 2.75) is 19.4 Å². The second-order valence-electron chi connectivity index (χ2n) is 6.16. The molecule has 121 valence electrons. The van der Waals surface area contributed by atoms with Crippen LogP contribution in [0.25, 0.3) is 0 Å². The summed E-state index contributed by atoms with van der Waals surface area (Å²) in [5.41, 5.74) is 0.684. The lowest BCUT2D eigenvalue weighted by molar-refractivity contribution is 0.235. The van der Waals surface area contributed by atoms with Crippen LogP contribution in [0.2, 0.25) is 0 Å². The van der Waals surface area contributed by atoms with Crippen molar-refractivity contribution in [3.63, 3.8) is 0 Å². The van der Waals surface area contributed by atoms with Crippen molar-refractivity contribution in [3.8, 4) is 0 Å². The molecule has 6 heteroatoms. The molecule has 0 amide bonds. The van der Waals surface area contributed by atoms with Gasteiger partial charge in [-0.15, -0.1) is 0 Å². The van der Waals surface area contributed by atoms with E-state index in [4.69, 9.17) is 4.65 Å². The van der Waals surface area contributed by atoms with Gasteiger partial charge in [0.2, 0.25) is 0 Å². The molecule has 0 aliphatic carbocycles. The maximum atomic E-state index is 5.58. The SMILES string of the molecule is CC(C)[C@@H]1CO[B]C1(N=Nc1ccccc1)N=Nc1ccccc1. The van der Waals surface area contributed by atoms with Crippen molar-refractivity contribution in [2.75, 3.05) is 6.61 Å². The zero-order valence-corrected chi connectivity index (χ0v) is 13.9. The predicted molar refractivity (Wildman–Crippen MR) is 94.7 cm³/mol. The summed E-state index contributed by atoms with van der Waals surface area (Å²) in [5.74, 6) is 0.436. The summed E-state index contributed by atoms with van der Waals surface area (Å²) in [6.07, 6.45) is 0. The summed E-state index contributed by atoms with van der Waals surface area (Å²) in [5, 5.41) is 17.8. The van der Waals surface area contributed by atoms with Gasteiger partial charge < -0.3 is 4.65 Å². The topological polar surface area (TPSA) is 58.7 Å². The van der Waals surface area contributed by atoms with Crippen LogP contribution in [-0.2, 0) is 4.65 Å². The number of hydrogen-bond donors (Lipinski definition) is 0. The zero-order chi connectivity index (χ0) is 16.8. The van der Waals surface area contributed by atoms with Gasteiger partial charge in [-0.25, -0.2) is 0 Å². The number of benzene rings is 2. The van der Waals surface area contributed by atoms with Crippen LogP contribution in [0, 0.1) is 11.8 Å². The predicted octanol–water partition coefficient (Wildman–Crippen LogP) is 5.13. The minimum absolute atomic E-state index is 0.0948. The number of azo groups is 2. The van der Waals surface area contributed by atoms with Gasteiger partial charge in [-0.2, -0.15) is 20.5 Å². The Morgan fingerprint density at radius 1 is 0.917 bits per heavy atom. The Hall–Kier alpha value is -2.34. The van der Waals surface area contributed by atoms with E-state index in [9.17, 15) is 0 Å². The van der Waals surface area contributed by atoms with Gasteiger partial charge in [0.1, 0.15) is 0 Å². The van der Waals surface area contributed by atoms with Gasteiger partial charge in [0.15, 0.2) is 5.56 Å². The lowest BCUT2D eigenvalue weighted by Crippen LogP contribution is -2.37. The van der Waals surface area contributed by atoms with Gasteiger partial charge in [-0.3, -0.25) is 0 Å². The van der Waals surface area contributed by atoms with E-state index in [1.54, 1.807) is 7.48 Å². The monoisotopic (exact) mass is 319 g/mol. The van der Waals surface area contributed by atoms with E-state index in [-0.39, 0.29) is 5.92 Å². The molecule has 3 rings (SSSR count). The number of hydrogen-bond acceptors (Lipinski definition) is 5. The highest BCUT2D eigenvalue weighted by Gasteiger charge is 2.48. The first kappa shape index (κ1) is 16.5. The van der Waals surface area contributed by atoms with Crippen LogP contribution in [0.15, 0.2) is 81.1 Å². The fourth-order valence-corrected chi connectivity index (χ4v) is 2.65. The standard InChI is InChI=1S/C18H20BN4O/c1-14(2)17-13-24-19-18(17,22-20-15-9-5-3-6-10-15)23-21-16-11-7-4-8-12-16/h3-12,14,17H,13H2,1-2H3/t17-,18?/m0/s1. The quantitative estimate of drug-likeness (QED) is 0.556. The number of nitrogens with zero attached hydrogens (tertiary/aromatic N) is 4. The van der Waals surface area contributed by atoms with E-state index in [0.29, 0.717) is 12.5 Å². The van der Waals surface area contributed by atoms with Crippen LogP contribution >= 0.6 is 0 Å². The van der Waals surface area contributed by atoms with Gasteiger partial charge in [0.05, 0.1) is 11.4 Å². The van der Waals surface area contributed by atoms with Crippen LogP contribution in [0.5, 0.6) is 0 Å². The molecule has 0 bridgehead atoms. The maximum absolute atomic E-state index is 5.58. The molecule has 1 saturated heterocycles. The van der Waals surface area contributed by atoms with Crippen molar-refractivity contribution < 1.29 is 4.65 Å². The lowest BCUT2D eigenvalue weighted by Gasteiger charge is -2.25. The Balaban J connectivity index is 1.92. The highest BCUT2D eigenvalue weighted by Crippen LogP contribution is 2.37. The second kappa shape index (κ2) is 7.49. The molecule has 24 heavy (non-hydrogen) atoms. The van der Waals surface area contributed by atoms with Crippen LogP contribution in [-0.4, -0.2) is 19.7 Å². The molecule has 2 aromatic rings. The molecule has 1 aliphatic heterocycles. The molecule has 0 unspecified atom stereocenters. The second-order valence-corrected chi connectivity index (χ2v) is 6.16. The fraction of sp³-hybridized carbons (Fsp3) is 0.333. The Morgan fingerprint density at radius 3 is 1.88 bits per heavy atom. The highest BCUT2D eigenvalue weighted by molar-refractivity contribution is 6.33. The molecule has 1 heterocycles. The molecule has 2 aromatic carbocycles. The van der Waals surface area contributed by atoms with E-state index in [2.05, 4.69) is 34.3 Å². The Morgan fingerprint density at radius 2 is 1.42 bits per heavy atom. The Bertz CT molecular complexity index is 654. The third-order valence-electron chi connectivity index (χ3n) is 4.05. The average Bonchev–Trinajstić information content (AvgIpc) is 3.05. The highest BCUT2D eigenvalue weighted by atomic mass is 16.4. The van der Waals surface area contributed by atoms with E-state index in [1.165, 1.54) is 0 Å². The molecule has 0 saturated carbocycles. The first-order chi connectivity index (χ1) is 11.7. The molecule has 0 N–H and O–H groups in total. The van der Waals surface area contributed by atoms with Gasteiger partial charge >= 0.3 is 7.48 Å². The van der Waals surface area contributed by atoms with Crippen LogP contribution in [0.1, 0.15) is 13.8 Å². The van der Waals surface area contributed by atoms with Gasteiger partial charge in [-0.1, -0.05) is 50.2 Å². The summed E-state index contributed by atoms with van der Waals surface area (Å²) in [6, 6.07) is 19.3. The van der Waals surface area contributed by atoms with E-state index in [1.807, 2.05) is 60.7 Å². The largest absolute Gasteiger partial charge is 0.435 e. The van der Waals surface area contributed by atoms with Crippen molar-refractivity contribution in [3.05, 3.63) is 60.7 Å². The van der Waals surface area contributed by atoms with Gasteiger partial charge in [0, 0.05) is 12.5 Å². The third kappa shape index (κ3) is 3.76.